The van der Waals surface area contributed by atoms with E-state index in [0.29, 0.717) is 5.78 Å². The second-order valence-corrected chi connectivity index (χ2v) is 4.14. The lowest BCUT2D eigenvalue weighted by atomic mass is 9.93. The van der Waals surface area contributed by atoms with E-state index in [-0.39, 0.29) is 0 Å². The maximum atomic E-state index is 11.2. The van der Waals surface area contributed by atoms with Crippen LogP contribution in [0.2, 0.25) is 0 Å². The lowest BCUT2D eigenvalue weighted by Crippen LogP contribution is -2.03. The summed E-state index contributed by atoms with van der Waals surface area (Å²) in [5.41, 5.74) is 0. The van der Waals surface area contributed by atoms with Gasteiger partial charge in [0.05, 0.1) is 0 Å². The van der Waals surface area contributed by atoms with Gasteiger partial charge in [0.25, 0.3) is 0 Å². The molecule has 1 saturated carbocycles. The van der Waals surface area contributed by atoms with Crippen LogP contribution in [0.15, 0.2) is 0 Å². The lowest BCUT2D eigenvalue weighted by Gasteiger charge is -2.12. The first-order chi connectivity index (χ1) is 5.79. The molecule has 1 nitrogen and oxygen atoms in total. The van der Waals surface area contributed by atoms with Gasteiger partial charge in [0.1, 0.15) is 5.78 Å². The fourth-order valence-corrected chi connectivity index (χ4v) is 1.90. The van der Waals surface area contributed by atoms with Crippen LogP contribution in [-0.4, -0.2) is 5.78 Å². The molecule has 70 valence electrons. The number of hydrogen-bond donors (Lipinski definition) is 0. The summed E-state index contributed by atoms with van der Waals surface area (Å²) in [5.74, 6) is 1.38. The number of Topliss-reactive ketones (excluding diaryl/α,β-unsaturated/α-hetero) is 1. The largest absolute Gasteiger partial charge is 0.300 e. The Morgan fingerprint density at radius 1 is 1.00 bits per heavy atom. The number of carbonyl (C=O) groups excluding carboxylic acids is 1. The maximum Gasteiger partial charge on any atom is 0.132 e. The Morgan fingerprint density at radius 2 is 1.50 bits per heavy atom. The number of ketones is 1. The SMILES string of the molecule is CC1CCCCC(=O)CCCC1. The van der Waals surface area contributed by atoms with E-state index in [9.17, 15) is 4.79 Å². The van der Waals surface area contributed by atoms with Crippen LogP contribution >= 0.6 is 0 Å². The van der Waals surface area contributed by atoms with Crippen LogP contribution in [0.1, 0.15) is 58.3 Å². The molecular weight excluding hydrogens is 148 g/mol. The second kappa shape index (κ2) is 5.34. The first kappa shape index (κ1) is 9.76. The molecule has 0 aromatic rings. The molecule has 0 aliphatic heterocycles. The summed E-state index contributed by atoms with van der Waals surface area (Å²) in [7, 11) is 0. The average Bonchev–Trinajstić information content (AvgIpc) is 2.06. The van der Waals surface area contributed by atoms with E-state index in [1.165, 1.54) is 25.7 Å². The minimum Gasteiger partial charge on any atom is -0.300 e. The van der Waals surface area contributed by atoms with Crippen LogP contribution in [0.4, 0.5) is 0 Å². The van der Waals surface area contributed by atoms with E-state index in [0.717, 1.165) is 31.6 Å². The molecule has 0 amide bonds. The molecule has 1 aliphatic rings. The van der Waals surface area contributed by atoms with Gasteiger partial charge in [-0.2, -0.15) is 0 Å². The van der Waals surface area contributed by atoms with Gasteiger partial charge < -0.3 is 0 Å². The highest BCUT2D eigenvalue weighted by atomic mass is 16.1. The summed E-state index contributed by atoms with van der Waals surface area (Å²) in [6.45, 7) is 2.34. The fraction of sp³-hybridized carbons (Fsp3) is 0.909. The fourth-order valence-electron chi connectivity index (χ4n) is 1.90. The van der Waals surface area contributed by atoms with Crippen molar-refractivity contribution in [2.45, 2.75) is 58.3 Å². The quantitative estimate of drug-likeness (QED) is 0.542. The first-order valence-corrected chi connectivity index (χ1v) is 5.31. The number of hydrogen-bond acceptors (Lipinski definition) is 1. The van der Waals surface area contributed by atoms with Gasteiger partial charge in [-0.15, -0.1) is 0 Å². The van der Waals surface area contributed by atoms with E-state index in [4.69, 9.17) is 0 Å². The minimum absolute atomic E-state index is 0.490. The summed E-state index contributed by atoms with van der Waals surface area (Å²) in [6.07, 6.45) is 9.10. The normalized spacial score (nSPS) is 23.9. The molecule has 0 heterocycles. The monoisotopic (exact) mass is 168 g/mol. The molecule has 1 fully saturated rings. The van der Waals surface area contributed by atoms with Gasteiger partial charge >= 0.3 is 0 Å². The van der Waals surface area contributed by atoms with Crippen molar-refractivity contribution in [3.8, 4) is 0 Å². The van der Waals surface area contributed by atoms with E-state index in [1.807, 2.05) is 0 Å². The third-order valence-electron chi connectivity index (χ3n) is 2.81. The van der Waals surface area contributed by atoms with Crippen molar-refractivity contribution in [3.63, 3.8) is 0 Å². The average molecular weight is 168 g/mol. The third-order valence-corrected chi connectivity index (χ3v) is 2.81. The molecule has 0 atom stereocenters. The summed E-state index contributed by atoms with van der Waals surface area (Å²) in [5, 5.41) is 0. The Balaban J connectivity index is 2.25. The van der Waals surface area contributed by atoms with Gasteiger partial charge in [-0.3, -0.25) is 4.79 Å². The number of rotatable bonds is 0. The zero-order valence-electron chi connectivity index (χ0n) is 8.14. The second-order valence-electron chi connectivity index (χ2n) is 4.14. The van der Waals surface area contributed by atoms with Crippen molar-refractivity contribution in [1.29, 1.82) is 0 Å². The molecule has 0 spiro atoms. The van der Waals surface area contributed by atoms with Crippen molar-refractivity contribution in [3.05, 3.63) is 0 Å². The van der Waals surface area contributed by atoms with Crippen LogP contribution in [0.5, 0.6) is 0 Å². The third kappa shape index (κ3) is 3.89. The topological polar surface area (TPSA) is 17.1 Å². The molecule has 0 aromatic carbocycles. The van der Waals surface area contributed by atoms with E-state index >= 15 is 0 Å². The van der Waals surface area contributed by atoms with E-state index in [1.54, 1.807) is 0 Å². The smallest absolute Gasteiger partial charge is 0.132 e. The molecule has 1 rings (SSSR count). The molecule has 0 saturated heterocycles. The summed E-state index contributed by atoms with van der Waals surface area (Å²) >= 11 is 0. The molecule has 0 aromatic heterocycles. The number of carbonyl (C=O) groups is 1. The van der Waals surface area contributed by atoms with Crippen LogP contribution in [0.3, 0.4) is 0 Å². The zero-order valence-corrected chi connectivity index (χ0v) is 8.14. The lowest BCUT2D eigenvalue weighted by molar-refractivity contribution is -0.119. The Bertz CT molecular complexity index is 126. The van der Waals surface area contributed by atoms with Crippen LogP contribution in [-0.2, 0) is 4.79 Å². The Hall–Kier alpha value is -0.330. The van der Waals surface area contributed by atoms with Crippen LogP contribution in [0, 0.1) is 5.92 Å². The molecule has 0 unspecified atom stereocenters. The molecular formula is C11H20O. The molecule has 1 aliphatic carbocycles. The molecule has 0 bridgehead atoms. The standard InChI is InChI=1S/C11H20O/c1-10-6-2-4-8-11(12)9-5-3-7-10/h10H,2-9H2,1H3. The maximum absolute atomic E-state index is 11.2. The van der Waals surface area contributed by atoms with Crippen molar-refractivity contribution in [2.24, 2.45) is 5.92 Å². The highest BCUT2D eigenvalue weighted by molar-refractivity contribution is 5.78. The summed E-state index contributed by atoms with van der Waals surface area (Å²) < 4.78 is 0. The van der Waals surface area contributed by atoms with Gasteiger partial charge in [-0.1, -0.05) is 32.6 Å². The van der Waals surface area contributed by atoms with Gasteiger partial charge in [-0.05, 0) is 18.8 Å². The van der Waals surface area contributed by atoms with E-state index in [2.05, 4.69) is 6.92 Å². The zero-order chi connectivity index (χ0) is 8.81. The molecule has 0 radical (unpaired) electrons. The highest BCUT2D eigenvalue weighted by Crippen LogP contribution is 2.19. The predicted octanol–water partition coefficient (Wildman–Crippen LogP) is 3.33. The molecule has 12 heavy (non-hydrogen) atoms. The van der Waals surface area contributed by atoms with Crippen molar-refractivity contribution < 1.29 is 4.79 Å². The first-order valence-electron chi connectivity index (χ1n) is 5.31. The molecule has 0 N–H and O–H groups in total. The Labute approximate surface area is 75.5 Å². The van der Waals surface area contributed by atoms with Gasteiger partial charge in [0, 0.05) is 12.8 Å². The van der Waals surface area contributed by atoms with Crippen molar-refractivity contribution in [2.75, 3.05) is 0 Å². The highest BCUT2D eigenvalue weighted by Gasteiger charge is 2.07. The Kier molecular flexibility index (Phi) is 4.34. The van der Waals surface area contributed by atoms with Crippen LogP contribution in [0.25, 0.3) is 0 Å². The van der Waals surface area contributed by atoms with Crippen LogP contribution < -0.4 is 0 Å². The van der Waals surface area contributed by atoms with Crippen molar-refractivity contribution in [1.82, 2.24) is 0 Å². The van der Waals surface area contributed by atoms with Gasteiger partial charge in [0.15, 0.2) is 0 Å². The predicted molar refractivity (Wildman–Crippen MR) is 51.1 cm³/mol. The van der Waals surface area contributed by atoms with Gasteiger partial charge in [0.2, 0.25) is 0 Å². The summed E-state index contributed by atoms with van der Waals surface area (Å²) in [4.78, 5) is 11.2. The summed E-state index contributed by atoms with van der Waals surface area (Å²) in [6, 6.07) is 0. The van der Waals surface area contributed by atoms with E-state index < -0.39 is 0 Å². The van der Waals surface area contributed by atoms with Gasteiger partial charge in [-0.25, -0.2) is 0 Å². The Morgan fingerprint density at radius 3 is 2.00 bits per heavy atom. The van der Waals surface area contributed by atoms with Crippen molar-refractivity contribution >= 4 is 5.78 Å². The molecule has 1 heteroatoms. The minimum atomic E-state index is 0.490.